The second-order valence-electron chi connectivity index (χ2n) is 3.60. The van der Waals surface area contributed by atoms with Crippen molar-refractivity contribution in [3.63, 3.8) is 0 Å². The Hall–Kier alpha value is -2.04. The summed E-state index contributed by atoms with van der Waals surface area (Å²) in [4.78, 5) is 22.5. The molecule has 92 valence electrons. The molecule has 0 radical (unpaired) electrons. The quantitative estimate of drug-likeness (QED) is 0.759. The highest BCUT2D eigenvalue weighted by molar-refractivity contribution is 6.04. The van der Waals surface area contributed by atoms with Crippen molar-refractivity contribution in [2.24, 2.45) is 0 Å². The van der Waals surface area contributed by atoms with Gasteiger partial charge in [-0.2, -0.15) is 0 Å². The first kappa shape index (κ1) is 13.0. The number of carbonyl (C=O) groups is 2. The number of carboxylic acids is 2. The van der Waals surface area contributed by atoms with Crippen molar-refractivity contribution in [1.29, 1.82) is 0 Å². The van der Waals surface area contributed by atoms with Gasteiger partial charge in [-0.3, -0.25) is 9.59 Å². The largest absolute Gasteiger partial charge is 0.497 e. The van der Waals surface area contributed by atoms with Gasteiger partial charge in [0.25, 0.3) is 0 Å². The molecule has 0 spiro atoms. The highest BCUT2D eigenvalue weighted by Gasteiger charge is 2.46. The lowest BCUT2D eigenvalue weighted by Crippen LogP contribution is -2.43. The molecule has 1 aromatic carbocycles. The van der Waals surface area contributed by atoms with Crippen LogP contribution in [0.3, 0.4) is 0 Å². The molecule has 0 atom stereocenters. The van der Waals surface area contributed by atoms with E-state index in [1.54, 1.807) is 12.1 Å². The van der Waals surface area contributed by atoms with Crippen molar-refractivity contribution in [3.05, 3.63) is 29.8 Å². The van der Waals surface area contributed by atoms with Crippen LogP contribution < -0.4 is 4.74 Å². The first-order valence-corrected chi connectivity index (χ1v) is 5.10. The number of benzene rings is 1. The first-order chi connectivity index (χ1) is 7.98. The van der Waals surface area contributed by atoms with E-state index in [0.29, 0.717) is 5.75 Å². The van der Waals surface area contributed by atoms with E-state index in [1.165, 1.54) is 26.2 Å². The molecule has 5 heteroatoms. The lowest BCUT2D eigenvalue weighted by molar-refractivity contribution is -0.157. The molecule has 0 heterocycles. The van der Waals surface area contributed by atoms with Gasteiger partial charge in [0.15, 0.2) is 5.41 Å². The van der Waals surface area contributed by atoms with E-state index in [0.717, 1.165) is 0 Å². The van der Waals surface area contributed by atoms with Crippen molar-refractivity contribution in [3.8, 4) is 5.75 Å². The van der Waals surface area contributed by atoms with E-state index >= 15 is 0 Å². The van der Waals surface area contributed by atoms with Crippen LogP contribution in [0.4, 0.5) is 0 Å². The highest BCUT2D eigenvalue weighted by atomic mass is 16.5. The minimum Gasteiger partial charge on any atom is -0.497 e. The lowest BCUT2D eigenvalue weighted by atomic mass is 9.78. The van der Waals surface area contributed by atoms with E-state index in [2.05, 4.69) is 0 Å². The van der Waals surface area contributed by atoms with Crippen LogP contribution in [0.1, 0.15) is 18.9 Å². The maximum atomic E-state index is 11.2. The molecule has 1 rings (SSSR count). The van der Waals surface area contributed by atoms with Gasteiger partial charge >= 0.3 is 11.9 Å². The van der Waals surface area contributed by atoms with Crippen molar-refractivity contribution in [2.75, 3.05) is 7.11 Å². The maximum Gasteiger partial charge on any atom is 0.325 e. The average molecular weight is 238 g/mol. The molecule has 0 aromatic heterocycles. The number of carboxylic acid groups (broad SMARTS) is 2. The fourth-order valence-corrected chi connectivity index (χ4v) is 1.72. The molecule has 1 aromatic rings. The minimum absolute atomic E-state index is 0.0238. The zero-order valence-corrected chi connectivity index (χ0v) is 9.64. The normalized spacial score (nSPS) is 10.9. The molecule has 0 unspecified atom stereocenters. The lowest BCUT2D eigenvalue weighted by Gasteiger charge is -2.23. The van der Waals surface area contributed by atoms with E-state index in [-0.39, 0.29) is 12.0 Å². The average Bonchev–Trinajstić information content (AvgIpc) is 2.30. The van der Waals surface area contributed by atoms with Gasteiger partial charge in [0.05, 0.1) is 7.11 Å². The molecule has 0 saturated carbocycles. The number of hydrogen-bond acceptors (Lipinski definition) is 3. The summed E-state index contributed by atoms with van der Waals surface area (Å²) in [6.07, 6.45) is -0.0238. The van der Waals surface area contributed by atoms with Crippen molar-refractivity contribution < 1.29 is 24.5 Å². The van der Waals surface area contributed by atoms with Gasteiger partial charge in [-0.25, -0.2) is 0 Å². The predicted octanol–water partition coefficient (Wildman–Crippen LogP) is 1.51. The zero-order chi connectivity index (χ0) is 13.1. The van der Waals surface area contributed by atoms with E-state index in [4.69, 9.17) is 14.9 Å². The zero-order valence-electron chi connectivity index (χ0n) is 9.64. The maximum absolute atomic E-state index is 11.2. The molecular formula is C12H14O5. The first-order valence-electron chi connectivity index (χ1n) is 5.10. The van der Waals surface area contributed by atoms with Crippen LogP contribution in [0.5, 0.6) is 5.75 Å². The smallest absolute Gasteiger partial charge is 0.325 e. The van der Waals surface area contributed by atoms with Crippen LogP contribution >= 0.6 is 0 Å². The molecule has 0 aliphatic rings. The molecule has 0 aliphatic carbocycles. The molecule has 5 nitrogen and oxygen atoms in total. The molecule has 17 heavy (non-hydrogen) atoms. The molecule has 0 fully saturated rings. The predicted molar refractivity (Wildman–Crippen MR) is 60.2 cm³/mol. The van der Waals surface area contributed by atoms with Gasteiger partial charge in [-0.05, 0) is 24.1 Å². The summed E-state index contributed by atoms with van der Waals surface area (Å²) in [6, 6.07) is 6.02. The van der Waals surface area contributed by atoms with E-state index in [1.807, 2.05) is 0 Å². The number of aliphatic carboxylic acids is 2. The SMILES string of the molecule is CCC(C(=O)O)(C(=O)O)c1ccc(OC)cc1. The Labute approximate surface area is 98.6 Å². The highest BCUT2D eigenvalue weighted by Crippen LogP contribution is 2.30. The summed E-state index contributed by atoms with van der Waals surface area (Å²) in [5, 5.41) is 18.3. The van der Waals surface area contributed by atoms with Crippen LogP contribution in [0.2, 0.25) is 0 Å². The Kier molecular flexibility index (Phi) is 3.73. The van der Waals surface area contributed by atoms with E-state index in [9.17, 15) is 9.59 Å². The minimum atomic E-state index is -1.90. The Balaban J connectivity index is 3.31. The van der Waals surface area contributed by atoms with Crippen LogP contribution in [0.15, 0.2) is 24.3 Å². The summed E-state index contributed by atoms with van der Waals surface area (Å²) < 4.78 is 4.94. The molecule has 2 N–H and O–H groups in total. The third-order valence-corrected chi connectivity index (χ3v) is 2.84. The van der Waals surface area contributed by atoms with Gasteiger partial charge in [0, 0.05) is 0 Å². The number of hydrogen-bond donors (Lipinski definition) is 2. The van der Waals surface area contributed by atoms with Gasteiger partial charge in [-0.1, -0.05) is 19.1 Å². The number of methoxy groups -OCH3 is 1. The Morgan fingerprint density at radius 1 is 1.18 bits per heavy atom. The number of rotatable bonds is 5. The standard InChI is InChI=1S/C12H14O5/c1-3-12(10(13)14,11(15)16)8-4-6-9(17-2)7-5-8/h4-7H,3H2,1-2H3,(H,13,14)(H,15,16). The Morgan fingerprint density at radius 3 is 1.94 bits per heavy atom. The second kappa shape index (κ2) is 4.86. The Bertz CT molecular complexity index is 407. The second-order valence-corrected chi connectivity index (χ2v) is 3.60. The van der Waals surface area contributed by atoms with Gasteiger partial charge in [-0.15, -0.1) is 0 Å². The molecule has 0 saturated heterocycles. The summed E-state index contributed by atoms with van der Waals surface area (Å²) in [7, 11) is 1.48. The van der Waals surface area contributed by atoms with Gasteiger partial charge in [0.1, 0.15) is 5.75 Å². The summed E-state index contributed by atoms with van der Waals surface area (Å²) in [6.45, 7) is 1.53. The monoisotopic (exact) mass is 238 g/mol. The number of ether oxygens (including phenoxy) is 1. The summed E-state index contributed by atoms with van der Waals surface area (Å²) in [5.41, 5.74) is -1.66. The molecular weight excluding hydrogens is 224 g/mol. The Morgan fingerprint density at radius 2 is 1.65 bits per heavy atom. The van der Waals surface area contributed by atoms with Gasteiger partial charge < -0.3 is 14.9 Å². The van der Waals surface area contributed by atoms with Crippen LogP contribution in [-0.4, -0.2) is 29.3 Å². The van der Waals surface area contributed by atoms with Crippen LogP contribution in [-0.2, 0) is 15.0 Å². The van der Waals surface area contributed by atoms with Gasteiger partial charge in [0.2, 0.25) is 0 Å². The van der Waals surface area contributed by atoms with Crippen molar-refractivity contribution in [2.45, 2.75) is 18.8 Å². The van der Waals surface area contributed by atoms with Crippen LogP contribution in [0, 0.1) is 0 Å². The topological polar surface area (TPSA) is 83.8 Å². The molecule has 0 aliphatic heterocycles. The third-order valence-electron chi connectivity index (χ3n) is 2.84. The van der Waals surface area contributed by atoms with Crippen LogP contribution in [0.25, 0.3) is 0 Å². The third kappa shape index (κ3) is 2.08. The summed E-state index contributed by atoms with van der Waals surface area (Å²) >= 11 is 0. The fourth-order valence-electron chi connectivity index (χ4n) is 1.72. The van der Waals surface area contributed by atoms with Crippen molar-refractivity contribution >= 4 is 11.9 Å². The summed E-state index contributed by atoms with van der Waals surface area (Å²) in [5.74, 6) is -2.18. The molecule has 0 amide bonds. The fraction of sp³-hybridized carbons (Fsp3) is 0.333. The van der Waals surface area contributed by atoms with Crippen molar-refractivity contribution in [1.82, 2.24) is 0 Å². The molecule has 0 bridgehead atoms. The van der Waals surface area contributed by atoms with E-state index < -0.39 is 17.4 Å².